The van der Waals surface area contributed by atoms with Crippen molar-refractivity contribution >= 4 is 11.6 Å². The lowest BCUT2D eigenvalue weighted by Gasteiger charge is -2.27. The van der Waals surface area contributed by atoms with Gasteiger partial charge in [-0.05, 0) is 49.8 Å². The zero-order chi connectivity index (χ0) is 27.4. The van der Waals surface area contributed by atoms with E-state index in [1.54, 1.807) is 0 Å². The van der Waals surface area contributed by atoms with Crippen LogP contribution >= 0.6 is 0 Å². The molecule has 4 aromatic rings. The van der Waals surface area contributed by atoms with E-state index < -0.39 is 29.7 Å². The SMILES string of the molecule is Cc1cc(CN(C)C)ccc1-c1cnc(NC(O)(O)c2c(F)ccc3c2C(O)C(O)O3)n2cc(C#N)nc12. The highest BCUT2D eigenvalue weighted by molar-refractivity contribution is 5.80. The number of aryl methyl sites for hydroxylation is 1. The van der Waals surface area contributed by atoms with Crippen LogP contribution in [0.1, 0.15) is 34.1 Å². The van der Waals surface area contributed by atoms with Gasteiger partial charge in [0.15, 0.2) is 11.3 Å². The smallest absolute Gasteiger partial charge is 0.278 e. The van der Waals surface area contributed by atoms with E-state index in [4.69, 9.17) is 4.74 Å². The van der Waals surface area contributed by atoms with Crippen LogP contribution in [0.4, 0.5) is 10.3 Å². The van der Waals surface area contributed by atoms with Crippen molar-refractivity contribution in [3.63, 3.8) is 0 Å². The van der Waals surface area contributed by atoms with Gasteiger partial charge in [-0.3, -0.25) is 4.40 Å². The summed E-state index contributed by atoms with van der Waals surface area (Å²) in [6, 6.07) is 9.99. The van der Waals surface area contributed by atoms with Crippen LogP contribution in [0.3, 0.4) is 0 Å². The summed E-state index contributed by atoms with van der Waals surface area (Å²) in [5.74, 6) is -4.45. The van der Waals surface area contributed by atoms with Crippen LogP contribution in [-0.4, -0.2) is 60.1 Å². The molecule has 0 amide bonds. The third kappa shape index (κ3) is 4.32. The molecule has 5 N–H and O–H groups in total. The molecule has 2 unspecified atom stereocenters. The second-order valence-electron chi connectivity index (χ2n) is 9.40. The van der Waals surface area contributed by atoms with E-state index in [9.17, 15) is 30.1 Å². The number of nitrogens with zero attached hydrogens (tertiary/aromatic N) is 5. The average Bonchev–Trinajstić information content (AvgIpc) is 3.41. The van der Waals surface area contributed by atoms with Gasteiger partial charge in [-0.15, -0.1) is 0 Å². The Bertz CT molecular complexity index is 1600. The number of imidazole rings is 1. The number of aromatic nitrogens is 3. The minimum absolute atomic E-state index is 0.0457. The Kier molecular flexibility index (Phi) is 6.26. The molecule has 11 nitrogen and oxygen atoms in total. The van der Waals surface area contributed by atoms with Gasteiger partial charge in [0.25, 0.3) is 5.91 Å². The molecule has 12 heteroatoms. The van der Waals surface area contributed by atoms with Crippen LogP contribution in [-0.2, 0) is 12.5 Å². The van der Waals surface area contributed by atoms with Gasteiger partial charge in [-0.25, -0.2) is 14.4 Å². The number of rotatable bonds is 6. The molecule has 0 spiro atoms. The molecule has 0 saturated carbocycles. The first-order valence-electron chi connectivity index (χ1n) is 11.6. The number of halogens is 1. The van der Waals surface area contributed by atoms with E-state index in [0.717, 1.165) is 35.4 Å². The number of nitriles is 1. The molecule has 0 radical (unpaired) electrons. The fourth-order valence-corrected chi connectivity index (χ4v) is 4.69. The number of fused-ring (bicyclic) bond motifs is 2. The summed E-state index contributed by atoms with van der Waals surface area (Å²) in [6.07, 6.45) is -0.607. The summed E-state index contributed by atoms with van der Waals surface area (Å²) in [5, 5.41) is 53.9. The first-order chi connectivity index (χ1) is 18.0. The molecule has 3 heterocycles. The van der Waals surface area contributed by atoms with Crippen molar-refractivity contribution in [2.45, 2.75) is 31.8 Å². The minimum Gasteiger partial charge on any atom is -0.462 e. The van der Waals surface area contributed by atoms with Gasteiger partial charge >= 0.3 is 0 Å². The fourth-order valence-electron chi connectivity index (χ4n) is 4.69. The van der Waals surface area contributed by atoms with E-state index in [-0.39, 0.29) is 23.0 Å². The number of benzene rings is 2. The lowest BCUT2D eigenvalue weighted by atomic mass is 9.99. The molecule has 196 valence electrons. The Balaban J connectivity index is 1.60. The lowest BCUT2D eigenvalue weighted by molar-refractivity contribution is -0.148. The highest BCUT2D eigenvalue weighted by atomic mass is 19.1. The summed E-state index contributed by atoms with van der Waals surface area (Å²) in [7, 11) is 3.95. The maximum absolute atomic E-state index is 14.9. The van der Waals surface area contributed by atoms with E-state index in [1.165, 1.54) is 16.8 Å². The predicted molar refractivity (Wildman–Crippen MR) is 133 cm³/mol. The van der Waals surface area contributed by atoms with Crippen LogP contribution in [0.5, 0.6) is 5.75 Å². The van der Waals surface area contributed by atoms with Gasteiger partial charge in [-0.1, -0.05) is 18.2 Å². The largest absolute Gasteiger partial charge is 0.462 e. The summed E-state index contributed by atoms with van der Waals surface area (Å²) in [4.78, 5) is 10.7. The number of hydrogen-bond acceptors (Lipinski definition) is 10. The molecule has 5 rings (SSSR count). The van der Waals surface area contributed by atoms with Crippen LogP contribution in [0.25, 0.3) is 16.8 Å². The van der Waals surface area contributed by atoms with E-state index in [0.29, 0.717) is 11.2 Å². The van der Waals surface area contributed by atoms with E-state index >= 15 is 0 Å². The first-order valence-corrected chi connectivity index (χ1v) is 11.6. The summed E-state index contributed by atoms with van der Waals surface area (Å²) in [5.41, 5.74) is 2.74. The Morgan fingerprint density at radius 1 is 1.21 bits per heavy atom. The molecule has 0 saturated heterocycles. The number of aliphatic hydroxyl groups is 4. The summed E-state index contributed by atoms with van der Waals surface area (Å²) in [6.45, 7) is 2.70. The number of ether oxygens (including phenoxy) is 1. The molecular formula is C26H25FN6O5. The Hall–Kier alpha value is -4.12. The lowest BCUT2D eigenvalue weighted by Crippen LogP contribution is -2.38. The monoisotopic (exact) mass is 520 g/mol. The average molecular weight is 521 g/mol. The third-order valence-electron chi connectivity index (χ3n) is 6.29. The number of nitrogens with one attached hydrogen (secondary N) is 1. The number of anilines is 1. The minimum atomic E-state index is -3.11. The van der Waals surface area contributed by atoms with Crippen molar-refractivity contribution in [2.24, 2.45) is 0 Å². The Morgan fingerprint density at radius 3 is 2.66 bits per heavy atom. The third-order valence-corrected chi connectivity index (χ3v) is 6.29. The summed E-state index contributed by atoms with van der Waals surface area (Å²) >= 11 is 0. The van der Waals surface area contributed by atoms with Crippen molar-refractivity contribution in [1.29, 1.82) is 5.26 Å². The van der Waals surface area contributed by atoms with Crippen LogP contribution in [0.2, 0.25) is 0 Å². The zero-order valence-electron chi connectivity index (χ0n) is 20.7. The van der Waals surface area contributed by atoms with Crippen molar-refractivity contribution in [3.05, 3.63) is 76.5 Å². The van der Waals surface area contributed by atoms with Crippen LogP contribution in [0.15, 0.2) is 42.7 Å². The van der Waals surface area contributed by atoms with Gasteiger partial charge in [0.2, 0.25) is 12.2 Å². The molecule has 1 aliphatic heterocycles. The van der Waals surface area contributed by atoms with E-state index in [1.807, 2.05) is 45.3 Å². The second kappa shape index (κ2) is 9.32. The number of aliphatic hydroxyl groups excluding tert-OH is 2. The van der Waals surface area contributed by atoms with E-state index in [2.05, 4.69) is 20.2 Å². The molecule has 2 atom stereocenters. The zero-order valence-corrected chi connectivity index (χ0v) is 20.7. The normalized spacial score (nSPS) is 16.9. The molecular weight excluding hydrogens is 495 g/mol. The molecule has 0 aliphatic carbocycles. The molecule has 0 bridgehead atoms. The maximum atomic E-state index is 14.9. The number of hydrogen-bond donors (Lipinski definition) is 5. The van der Waals surface area contributed by atoms with Gasteiger partial charge in [-0.2, -0.15) is 5.26 Å². The van der Waals surface area contributed by atoms with Crippen molar-refractivity contribution in [1.82, 2.24) is 19.3 Å². The molecule has 38 heavy (non-hydrogen) atoms. The van der Waals surface area contributed by atoms with Gasteiger partial charge < -0.3 is 35.4 Å². The maximum Gasteiger partial charge on any atom is 0.278 e. The van der Waals surface area contributed by atoms with Crippen molar-refractivity contribution in [2.75, 3.05) is 19.4 Å². The Morgan fingerprint density at radius 2 is 1.97 bits per heavy atom. The van der Waals surface area contributed by atoms with Gasteiger partial charge in [0.05, 0.1) is 11.8 Å². The van der Waals surface area contributed by atoms with Crippen molar-refractivity contribution in [3.8, 4) is 22.9 Å². The van der Waals surface area contributed by atoms with Crippen LogP contribution < -0.4 is 10.1 Å². The molecule has 1 aliphatic rings. The van der Waals surface area contributed by atoms with Crippen molar-refractivity contribution < 1.29 is 29.6 Å². The highest BCUT2D eigenvalue weighted by Gasteiger charge is 2.43. The first kappa shape index (κ1) is 25.5. The molecule has 2 aromatic carbocycles. The van der Waals surface area contributed by atoms with Crippen LogP contribution in [0, 0.1) is 24.1 Å². The van der Waals surface area contributed by atoms with Gasteiger partial charge in [0, 0.05) is 23.9 Å². The molecule has 2 aromatic heterocycles. The molecule has 0 fully saturated rings. The quantitative estimate of drug-likeness (QED) is 0.237. The highest BCUT2D eigenvalue weighted by Crippen LogP contribution is 2.42. The summed E-state index contributed by atoms with van der Waals surface area (Å²) < 4.78 is 21.3. The predicted octanol–water partition coefficient (Wildman–Crippen LogP) is 1.73. The topological polar surface area (TPSA) is 159 Å². The van der Waals surface area contributed by atoms with Gasteiger partial charge in [0.1, 0.15) is 23.7 Å². The fraction of sp³-hybridized carbons (Fsp3) is 0.269. The second-order valence-corrected chi connectivity index (χ2v) is 9.40. The Labute approximate surface area is 216 Å². The standard InChI is InChI=1S/C26H25FN6O5/c1-13-8-14(11-32(2)3)4-5-16(13)17-10-29-25(33-12-15(9-28)30-23(17)33)31-26(36,37)21-18(27)6-7-19-20(21)22(34)24(35)38-19/h4-8,10,12,22,24,34-37H,11H2,1-3H3,(H,29,31).